The number of hydrogen-bond donors (Lipinski definition) is 1. The summed E-state index contributed by atoms with van der Waals surface area (Å²) < 4.78 is 3.15. The number of aromatic nitrogens is 2. The van der Waals surface area contributed by atoms with E-state index in [1.54, 1.807) is 41.4 Å². The van der Waals surface area contributed by atoms with Crippen molar-refractivity contribution in [1.29, 1.82) is 0 Å². The van der Waals surface area contributed by atoms with Gasteiger partial charge in [0.25, 0.3) is 0 Å². The van der Waals surface area contributed by atoms with E-state index in [4.69, 9.17) is 11.6 Å². The van der Waals surface area contributed by atoms with Crippen molar-refractivity contribution in [2.24, 2.45) is 14.1 Å². The predicted molar refractivity (Wildman–Crippen MR) is 104 cm³/mol. The monoisotopic (exact) mass is 375 g/mol. The topological polar surface area (TPSA) is 56.0 Å². The molecule has 1 atom stereocenters. The van der Waals surface area contributed by atoms with Crippen LogP contribution in [0.5, 0.6) is 0 Å². The van der Waals surface area contributed by atoms with Gasteiger partial charge in [-0.05, 0) is 49.4 Å². The van der Waals surface area contributed by atoms with E-state index < -0.39 is 0 Å². The second-order valence-electron chi connectivity index (χ2n) is 5.81. The number of carbonyl (C=O) groups is 1. The zero-order chi connectivity index (χ0) is 18.1. The van der Waals surface area contributed by atoms with Crippen molar-refractivity contribution in [3.63, 3.8) is 0 Å². The first-order chi connectivity index (χ1) is 11.9. The predicted octanol–water partition coefficient (Wildman–Crippen LogP) is 3.65. The third-order valence-electron chi connectivity index (χ3n) is 4.04. The molecule has 2 aromatic carbocycles. The van der Waals surface area contributed by atoms with E-state index in [9.17, 15) is 9.59 Å². The van der Waals surface area contributed by atoms with E-state index in [0.717, 1.165) is 15.9 Å². The van der Waals surface area contributed by atoms with Gasteiger partial charge in [-0.1, -0.05) is 11.6 Å². The number of halogens is 1. The molecule has 0 radical (unpaired) electrons. The molecule has 1 heterocycles. The molecule has 3 aromatic rings. The van der Waals surface area contributed by atoms with Crippen molar-refractivity contribution in [2.75, 3.05) is 5.32 Å². The number of carbonyl (C=O) groups excluding carboxylic acids is 1. The Bertz CT molecular complexity index is 992. The van der Waals surface area contributed by atoms with Gasteiger partial charge in [0.1, 0.15) is 0 Å². The van der Waals surface area contributed by atoms with Gasteiger partial charge in [-0.2, -0.15) is 0 Å². The number of benzene rings is 2. The SMILES string of the molecule is C[C@@H](Sc1ccc(Cl)cc1)C(=O)Nc1ccc2c(c1)n(C)c(=O)n2C. The summed E-state index contributed by atoms with van der Waals surface area (Å²) in [6, 6.07) is 12.8. The quantitative estimate of drug-likeness (QED) is 0.708. The van der Waals surface area contributed by atoms with Gasteiger partial charge in [-0.25, -0.2) is 4.79 Å². The summed E-state index contributed by atoms with van der Waals surface area (Å²) >= 11 is 7.34. The minimum atomic E-state index is -0.267. The molecular formula is C18H18ClN3O2S. The van der Waals surface area contributed by atoms with Crippen molar-refractivity contribution in [1.82, 2.24) is 9.13 Å². The summed E-state index contributed by atoms with van der Waals surface area (Å²) in [6.45, 7) is 1.85. The van der Waals surface area contributed by atoms with Crippen LogP contribution in [0.4, 0.5) is 5.69 Å². The molecule has 1 aromatic heterocycles. The molecule has 0 aliphatic carbocycles. The van der Waals surface area contributed by atoms with Crippen molar-refractivity contribution < 1.29 is 4.79 Å². The number of imidazole rings is 1. The van der Waals surface area contributed by atoms with Crippen LogP contribution in [-0.4, -0.2) is 20.3 Å². The van der Waals surface area contributed by atoms with E-state index in [1.165, 1.54) is 11.8 Å². The smallest absolute Gasteiger partial charge is 0.325 e. The lowest BCUT2D eigenvalue weighted by Gasteiger charge is -2.12. The molecule has 5 nitrogen and oxygen atoms in total. The molecule has 7 heteroatoms. The number of anilines is 1. The van der Waals surface area contributed by atoms with Crippen molar-refractivity contribution in [2.45, 2.75) is 17.1 Å². The van der Waals surface area contributed by atoms with Gasteiger partial charge in [0.05, 0.1) is 16.3 Å². The van der Waals surface area contributed by atoms with Crippen molar-refractivity contribution >= 4 is 46.0 Å². The van der Waals surface area contributed by atoms with Crippen molar-refractivity contribution in [3.8, 4) is 0 Å². The maximum absolute atomic E-state index is 12.4. The Kier molecular flexibility index (Phi) is 4.92. The number of rotatable bonds is 4. The van der Waals surface area contributed by atoms with Crippen LogP contribution in [0, 0.1) is 0 Å². The van der Waals surface area contributed by atoms with Gasteiger partial charge in [-0.15, -0.1) is 11.8 Å². The van der Waals surface area contributed by atoms with Crippen LogP contribution in [-0.2, 0) is 18.9 Å². The van der Waals surface area contributed by atoms with Crippen molar-refractivity contribution in [3.05, 3.63) is 58.0 Å². The molecule has 0 aliphatic rings. The Balaban J connectivity index is 1.76. The van der Waals surface area contributed by atoms with Gasteiger partial charge in [0.2, 0.25) is 5.91 Å². The molecular weight excluding hydrogens is 358 g/mol. The first-order valence-corrected chi connectivity index (χ1v) is 9.01. The van der Waals surface area contributed by atoms with Crippen LogP contribution in [0.3, 0.4) is 0 Å². The van der Waals surface area contributed by atoms with Crippen LogP contribution in [0.15, 0.2) is 52.2 Å². The summed E-state index contributed by atoms with van der Waals surface area (Å²) in [6.07, 6.45) is 0. The second kappa shape index (κ2) is 6.98. The fourth-order valence-corrected chi connectivity index (χ4v) is 3.59. The Morgan fingerprint density at radius 2 is 1.72 bits per heavy atom. The summed E-state index contributed by atoms with van der Waals surface area (Å²) in [5.41, 5.74) is 2.18. The molecule has 0 spiro atoms. The van der Waals surface area contributed by atoms with Crippen LogP contribution in [0.2, 0.25) is 5.02 Å². The molecule has 130 valence electrons. The summed E-state index contributed by atoms with van der Waals surface area (Å²) in [4.78, 5) is 25.4. The van der Waals surface area contributed by atoms with Crippen LogP contribution < -0.4 is 11.0 Å². The lowest BCUT2D eigenvalue weighted by Crippen LogP contribution is -2.22. The number of nitrogens with zero attached hydrogens (tertiary/aromatic N) is 2. The average Bonchev–Trinajstić information content (AvgIpc) is 2.81. The van der Waals surface area contributed by atoms with Gasteiger partial charge in [0.15, 0.2) is 0 Å². The number of aryl methyl sites for hydroxylation is 2. The number of nitrogens with one attached hydrogen (secondary N) is 1. The Hall–Kier alpha value is -2.18. The molecule has 3 rings (SSSR count). The number of thioether (sulfide) groups is 1. The summed E-state index contributed by atoms with van der Waals surface area (Å²) in [5, 5.41) is 3.31. The number of amides is 1. The maximum Gasteiger partial charge on any atom is 0.328 e. The minimum absolute atomic E-state index is 0.0925. The number of fused-ring (bicyclic) bond motifs is 1. The highest BCUT2D eigenvalue weighted by Gasteiger charge is 2.16. The standard InChI is InChI=1S/C18H18ClN3O2S/c1-11(25-14-7-4-12(19)5-8-14)17(23)20-13-6-9-15-16(10-13)22(3)18(24)21(15)2/h4-11H,1-3H3,(H,20,23)/t11-/m1/s1. The molecule has 1 amide bonds. The summed E-state index contributed by atoms with van der Waals surface area (Å²) in [5.74, 6) is -0.0970. The zero-order valence-electron chi connectivity index (χ0n) is 14.1. The first kappa shape index (κ1) is 17.6. The number of hydrogen-bond acceptors (Lipinski definition) is 3. The van der Waals surface area contributed by atoms with Gasteiger partial charge >= 0.3 is 5.69 Å². The van der Waals surface area contributed by atoms with E-state index in [2.05, 4.69) is 5.32 Å². The Labute approximate surface area is 154 Å². The van der Waals surface area contributed by atoms with Crippen LogP contribution >= 0.6 is 23.4 Å². The van der Waals surface area contributed by atoms with Crippen LogP contribution in [0.25, 0.3) is 11.0 Å². The molecule has 0 bridgehead atoms. The fourth-order valence-electron chi connectivity index (χ4n) is 2.60. The highest BCUT2D eigenvalue weighted by atomic mass is 35.5. The Morgan fingerprint density at radius 3 is 2.40 bits per heavy atom. The van der Waals surface area contributed by atoms with Gasteiger partial charge in [-0.3, -0.25) is 13.9 Å². The highest BCUT2D eigenvalue weighted by molar-refractivity contribution is 8.00. The second-order valence-corrected chi connectivity index (χ2v) is 7.66. The van der Waals surface area contributed by atoms with E-state index in [-0.39, 0.29) is 16.8 Å². The van der Waals surface area contributed by atoms with Crippen LogP contribution in [0.1, 0.15) is 6.92 Å². The molecule has 0 unspecified atom stereocenters. The van der Waals surface area contributed by atoms with E-state index >= 15 is 0 Å². The zero-order valence-corrected chi connectivity index (χ0v) is 15.7. The Morgan fingerprint density at radius 1 is 1.08 bits per heavy atom. The third kappa shape index (κ3) is 3.60. The molecule has 0 saturated heterocycles. The summed E-state index contributed by atoms with van der Waals surface area (Å²) in [7, 11) is 3.45. The minimum Gasteiger partial charge on any atom is -0.325 e. The first-order valence-electron chi connectivity index (χ1n) is 7.75. The maximum atomic E-state index is 12.4. The molecule has 0 aliphatic heterocycles. The van der Waals surface area contributed by atoms with Gasteiger partial charge in [0, 0.05) is 29.7 Å². The largest absolute Gasteiger partial charge is 0.328 e. The highest BCUT2D eigenvalue weighted by Crippen LogP contribution is 2.26. The van der Waals surface area contributed by atoms with Gasteiger partial charge < -0.3 is 5.32 Å². The lowest BCUT2D eigenvalue weighted by atomic mass is 10.2. The fraction of sp³-hybridized carbons (Fsp3) is 0.222. The average molecular weight is 376 g/mol. The lowest BCUT2D eigenvalue weighted by molar-refractivity contribution is -0.115. The molecule has 0 fully saturated rings. The van der Waals surface area contributed by atoms with E-state index in [1.807, 2.05) is 31.2 Å². The van der Waals surface area contributed by atoms with E-state index in [0.29, 0.717) is 10.7 Å². The third-order valence-corrected chi connectivity index (χ3v) is 5.40. The molecule has 25 heavy (non-hydrogen) atoms. The normalized spacial score (nSPS) is 12.3. The molecule has 0 saturated carbocycles. The molecule has 1 N–H and O–H groups in total.